The largest absolute Gasteiger partial charge is 0.447 e. The highest BCUT2D eigenvalue weighted by atomic mass is 16.5. The molecule has 0 aromatic heterocycles. The van der Waals surface area contributed by atoms with Crippen LogP contribution in [0.2, 0.25) is 0 Å². The molecule has 0 bridgehead atoms. The Morgan fingerprint density at radius 2 is 1.94 bits per heavy atom. The van der Waals surface area contributed by atoms with Crippen molar-refractivity contribution in [2.45, 2.75) is 26.0 Å². The molecule has 18 heavy (non-hydrogen) atoms. The first-order valence-electron chi connectivity index (χ1n) is 5.68. The summed E-state index contributed by atoms with van der Waals surface area (Å²) in [5.74, 6) is -0.978. The zero-order valence-electron chi connectivity index (χ0n) is 10.4. The number of benzene rings is 1. The lowest BCUT2D eigenvalue weighted by Gasteiger charge is -2.19. The molecule has 0 aliphatic heterocycles. The second kappa shape index (κ2) is 6.76. The Hall–Kier alpha value is -1.88. The summed E-state index contributed by atoms with van der Waals surface area (Å²) in [4.78, 5) is 23.0. The maximum atomic E-state index is 11.9. The highest BCUT2D eigenvalue weighted by Gasteiger charge is 2.24. The maximum absolute atomic E-state index is 11.9. The summed E-state index contributed by atoms with van der Waals surface area (Å²) in [6.07, 6.45) is -0.988. The van der Waals surface area contributed by atoms with Crippen LogP contribution in [0.4, 0.5) is 0 Å². The third-order valence-corrected chi connectivity index (χ3v) is 2.29. The van der Waals surface area contributed by atoms with E-state index in [-0.39, 0.29) is 12.6 Å². The molecule has 2 N–H and O–H groups in total. The van der Waals surface area contributed by atoms with Crippen LogP contribution in [0.15, 0.2) is 30.3 Å². The third-order valence-electron chi connectivity index (χ3n) is 2.29. The Morgan fingerprint density at radius 1 is 1.33 bits per heavy atom. The van der Waals surface area contributed by atoms with Crippen LogP contribution in [-0.4, -0.2) is 29.6 Å². The second-order valence-corrected chi connectivity index (χ2v) is 3.99. The quantitative estimate of drug-likeness (QED) is 0.759. The van der Waals surface area contributed by atoms with Crippen LogP contribution in [0.5, 0.6) is 0 Å². The van der Waals surface area contributed by atoms with E-state index in [0.29, 0.717) is 5.56 Å². The molecule has 0 saturated carbocycles. The lowest BCUT2D eigenvalue weighted by Crippen LogP contribution is -2.39. The van der Waals surface area contributed by atoms with Crippen LogP contribution in [0.1, 0.15) is 25.5 Å². The average molecular weight is 251 g/mol. The molecule has 5 nitrogen and oxygen atoms in total. The van der Waals surface area contributed by atoms with Crippen LogP contribution in [0.3, 0.4) is 0 Å². The van der Waals surface area contributed by atoms with Gasteiger partial charge in [0.2, 0.25) is 6.10 Å². The first-order valence-corrected chi connectivity index (χ1v) is 5.68. The molecule has 0 saturated heterocycles. The Balaban J connectivity index is 2.85. The van der Waals surface area contributed by atoms with Gasteiger partial charge in [0.1, 0.15) is 0 Å². The average Bonchev–Trinajstić information content (AvgIpc) is 2.36. The van der Waals surface area contributed by atoms with Crippen molar-refractivity contribution in [3.63, 3.8) is 0 Å². The SMILES string of the molecule is CC(=O)OC(C(=O)NC(C)CO)c1ccccc1. The number of hydrogen-bond donors (Lipinski definition) is 2. The van der Waals surface area contributed by atoms with Gasteiger partial charge in [-0.2, -0.15) is 0 Å². The van der Waals surface area contributed by atoms with Gasteiger partial charge in [-0.3, -0.25) is 9.59 Å². The number of aliphatic hydroxyl groups excluding tert-OH is 1. The lowest BCUT2D eigenvalue weighted by atomic mass is 10.1. The number of ether oxygens (including phenoxy) is 1. The number of carbonyl (C=O) groups excluding carboxylic acids is 2. The molecular formula is C13H17NO4. The van der Waals surface area contributed by atoms with Gasteiger partial charge >= 0.3 is 5.97 Å². The monoisotopic (exact) mass is 251 g/mol. The van der Waals surface area contributed by atoms with Crippen LogP contribution < -0.4 is 5.32 Å². The lowest BCUT2D eigenvalue weighted by molar-refractivity contribution is -0.154. The van der Waals surface area contributed by atoms with Gasteiger partial charge in [-0.1, -0.05) is 30.3 Å². The molecule has 0 spiro atoms. The molecule has 0 aliphatic rings. The minimum absolute atomic E-state index is 0.173. The number of aliphatic hydroxyl groups is 1. The topological polar surface area (TPSA) is 75.6 Å². The number of nitrogens with one attached hydrogen (secondary N) is 1. The summed E-state index contributed by atoms with van der Waals surface area (Å²) in [5, 5.41) is 11.5. The van der Waals surface area contributed by atoms with E-state index in [0.717, 1.165) is 0 Å². The molecule has 0 aliphatic carbocycles. The van der Waals surface area contributed by atoms with E-state index in [1.807, 2.05) is 6.07 Å². The third kappa shape index (κ3) is 4.18. The molecule has 1 amide bonds. The number of esters is 1. The van der Waals surface area contributed by atoms with Crippen molar-refractivity contribution in [2.75, 3.05) is 6.61 Å². The zero-order chi connectivity index (χ0) is 13.5. The number of carbonyl (C=O) groups is 2. The van der Waals surface area contributed by atoms with Crippen molar-refractivity contribution in [3.05, 3.63) is 35.9 Å². The fraction of sp³-hybridized carbons (Fsp3) is 0.385. The predicted molar refractivity (Wildman–Crippen MR) is 65.6 cm³/mol. The van der Waals surface area contributed by atoms with E-state index >= 15 is 0 Å². The number of amides is 1. The molecule has 2 unspecified atom stereocenters. The van der Waals surface area contributed by atoms with Crippen molar-refractivity contribution in [2.24, 2.45) is 0 Å². The maximum Gasteiger partial charge on any atom is 0.303 e. The molecule has 1 aromatic carbocycles. The van der Waals surface area contributed by atoms with E-state index in [2.05, 4.69) is 5.32 Å². The van der Waals surface area contributed by atoms with Gasteiger partial charge in [-0.15, -0.1) is 0 Å². The van der Waals surface area contributed by atoms with E-state index in [4.69, 9.17) is 9.84 Å². The smallest absolute Gasteiger partial charge is 0.303 e. The van der Waals surface area contributed by atoms with Crippen LogP contribution in [-0.2, 0) is 14.3 Å². The second-order valence-electron chi connectivity index (χ2n) is 3.99. The summed E-state index contributed by atoms with van der Waals surface area (Å²) in [6.45, 7) is 2.74. The molecule has 0 radical (unpaired) electrons. The molecule has 98 valence electrons. The summed E-state index contributed by atoms with van der Waals surface area (Å²) in [6, 6.07) is 8.35. The van der Waals surface area contributed by atoms with Gasteiger partial charge in [0, 0.05) is 18.5 Å². The van der Waals surface area contributed by atoms with Gasteiger partial charge < -0.3 is 15.2 Å². The highest BCUT2D eigenvalue weighted by molar-refractivity contribution is 5.84. The molecule has 0 fully saturated rings. The molecule has 0 heterocycles. The number of hydrogen-bond acceptors (Lipinski definition) is 4. The van der Waals surface area contributed by atoms with Crippen molar-refractivity contribution in [1.82, 2.24) is 5.32 Å². The summed E-state index contributed by atoms with van der Waals surface area (Å²) >= 11 is 0. The van der Waals surface area contributed by atoms with Gasteiger partial charge in [0.15, 0.2) is 0 Å². The van der Waals surface area contributed by atoms with Crippen LogP contribution >= 0.6 is 0 Å². The first kappa shape index (κ1) is 14.2. The van der Waals surface area contributed by atoms with E-state index in [1.165, 1.54) is 6.92 Å². The van der Waals surface area contributed by atoms with Crippen molar-refractivity contribution < 1.29 is 19.4 Å². The summed E-state index contributed by atoms with van der Waals surface area (Å²) in [7, 11) is 0. The Morgan fingerprint density at radius 3 is 2.44 bits per heavy atom. The van der Waals surface area contributed by atoms with E-state index in [1.54, 1.807) is 31.2 Å². The normalized spacial score (nSPS) is 13.5. The first-order chi connectivity index (χ1) is 8.54. The summed E-state index contributed by atoms with van der Waals surface area (Å²) in [5.41, 5.74) is 0.593. The van der Waals surface area contributed by atoms with Gasteiger partial charge in [0.05, 0.1) is 6.61 Å². The standard InChI is InChI=1S/C13H17NO4/c1-9(8-15)14-13(17)12(18-10(2)16)11-6-4-3-5-7-11/h3-7,9,12,15H,8H2,1-2H3,(H,14,17). The van der Waals surface area contributed by atoms with Crippen LogP contribution in [0.25, 0.3) is 0 Å². The molecule has 1 rings (SSSR count). The minimum atomic E-state index is -0.988. The number of rotatable bonds is 5. The Labute approximate surface area is 106 Å². The fourth-order valence-electron chi connectivity index (χ4n) is 1.43. The van der Waals surface area contributed by atoms with Gasteiger partial charge in [-0.25, -0.2) is 0 Å². The van der Waals surface area contributed by atoms with E-state index in [9.17, 15) is 9.59 Å². The van der Waals surface area contributed by atoms with Crippen molar-refractivity contribution >= 4 is 11.9 Å². The van der Waals surface area contributed by atoms with Crippen LogP contribution in [0, 0.1) is 0 Å². The molecule has 5 heteroatoms. The molecular weight excluding hydrogens is 234 g/mol. The Bertz CT molecular complexity index is 405. The highest BCUT2D eigenvalue weighted by Crippen LogP contribution is 2.17. The fourth-order valence-corrected chi connectivity index (χ4v) is 1.43. The molecule has 1 aromatic rings. The van der Waals surface area contributed by atoms with Crippen molar-refractivity contribution in [3.8, 4) is 0 Å². The zero-order valence-corrected chi connectivity index (χ0v) is 10.4. The minimum Gasteiger partial charge on any atom is -0.447 e. The Kier molecular flexibility index (Phi) is 5.32. The predicted octanol–water partition coefficient (Wildman–Crippen LogP) is 0.788. The van der Waals surface area contributed by atoms with Gasteiger partial charge in [0.25, 0.3) is 5.91 Å². The summed E-state index contributed by atoms with van der Waals surface area (Å²) < 4.78 is 5.01. The molecule has 2 atom stereocenters. The van der Waals surface area contributed by atoms with Crippen molar-refractivity contribution in [1.29, 1.82) is 0 Å². The van der Waals surface area contributed by atoms with Gasteiger partial charge in [-0.05, 0) is 6.92 Å². The van der Waals surface area contributed by atoms with E-state index < -0.39 is 18.0 Å².